The molecule has 0 unspecified atom stereocenters. The topological polar surface area (TPSA) is 93.1 Å². The number of carboxylic acid groups (broad SMARTS) is 2. The molecule has 0 aromatic carbocycles. The van der Waals surface area contributed by atoms with Crippen molar-refractivity contribution < 1.29 is 29.3 Å². The van der Waals surface area contributed by atoms with Crippen LogP contribution in [0.15, 0.2) is 12.5 Å². The van der Waals surface area contributed by atoms with Crippen molar-refractivity contribution in [1.29, 1.82) is 0 Å². The van der Waals surface area contributed by atoms with Crippen molar-refractivity contribution in [2.45, 2.75) is 0 Å². The largest absolute Gasteiger partial charge is 0.486 e. The summed E-state index contributed by atoms with van der Waals surface area (Å²) in [6, 6.07) is 0. The average Bonchev–Trinajstić information content (AvgIpc) is 1.95. The summed E-state index contributed by atoms with van der Waals surface area (Å²) in [6.45, 7) is -0.958. The van der Waals surface area contributed by atoms with Crippen LogP contribution in [0.5, 0.6) is 0 Å². The van der Waals surface area contributed by atoms with E-state index in [4.69, 9.17) is 10.2 Å². The fourth-order valence-corrected chi connectivity index (χ4v) is 0.317. The summed E-state index contributed by atoms with van der Waals surface area (Å²) in [7, 11) is 0. The lowest BCUT2D eigenvalue weighted by atomic mass is 10.7. The van der Waals surface area contributed by atoms with E-state index in [1.54, 1.807) is 0 Å². The summed E-state index contributed by atoms with van der Waals surface area (Å²) in [5.74, 6) is -2.23. The standard InChI is InChI=1S/C6H8O6/c7-5(8)3-11-1-2-12-4-6(9)10/h1-2H,3-4H2,(H,7,8)(H,9,10). The first-order valence-corrected chi connectivity index (χ1v) is 2.94. The number of hydrogen-bond donors (Lipinski definition) is 2. The van der Waals surface area contributed by atoms with Crippen molar-refractivity contribution in [3.8, 4) is 0 Å². The van der Waals surface area contributed by atoms with Crippen LogP contribution in [0.4, 0.5) is 0 Å². The van der Waals surface area contributed by atoms with E-state index in [2.05, 4.69) is 9.47 Å². The Hall–Kier alpha value is -1.72. The molecule has 0 aliphatic carbocycles. The molecular formula is C6H8O6. The molecule has 0 aliphatic heterocycles. The third-order valence-electron chi connectivity index (χ3n) is 0.662. The maximum Gasteiger partial charge on any atom is 0.341 e. The highest BCUT2D eigenvalue weighted by Crippen LogP contribution is 1.80. The van der Waals surface area contributed by atoms with Gasteiger partial charge in [-0.25, -0.2) is 9.59 Å². The third-order valence-corrected chi connectivity index (χ3v) is 0.662. The van der Waals surface area contributed by atoms with Crippen LogP contribution in [0.25, 0.3) is 0 Å². The van der Waals surface area contributed by atoms with Crippen molar-refractivity contribution in [1.82, 2.24) is 0 Å². The molecule has 0 radical (unpaired) electrons. The molecule has 2 N–H and O–H groups in total. The van der Waals surface area contributed by atoms with Crippen molar-refractivity contribution in [2.75, 3.05) is 13.2 Å². The van der Waals surface area contributed by atoms with E-state index in [9.17, 15) is 9.59 Å². The van der Waals surface area contributed by atoms with Gasteiger partial charge in [0.05, 0.1) is 0 Å². The number of aliphatic carboxylic acids is 2. The predicted octanol–water partition coefficient (Wildman–Crippen LogP) is -0.340. The van der Waals surface area contributed by atoms with E-state index < -0.39 is 25.2 Å². The summed E-state index contributed by atoms with van der Waals surface area (Å²) in [5, 5.41) is 16.1. The molecule has 0 atom stereocenters. The Labute approximate surface area is 68.0 Å². The number of hydrogen-bond acceptors (Lipinski definition) is 4. The molecule has 0 spiro atoms. The van der Waals surface area contributed by atoms with E-state index in [-0.39, 0.29) is 0 Å². The van der Waals surface area contributed by atoms with Crippen LogP contribution in [-0.4, -0.2) is 35.4 Å². The zero-order valence-electron chi connectivity index (χ0n) is 6.10. The summed E-state index contributed by atoms with van der Waals surface area (Å²) in [4.78, 5) is 19.7. The third kappa shape index (κ3) is 8.28. The first-order chi connectivity index (χ1) is 5.63. The first-order valence-electron chi connectivity index (χ1n) is 2.94. The van der Waals surface area contributed by atoms with Gasteiger partial charge < -0.3 is 19.7 Å². The van der Waals surface area contributed by atoms with Gasteiger partial charge in [-0.2, -0.15) is 0 Å². The van der Waals surface area contributed by atoms with Gasteiger partial charge in [-0.1, -0.05) is 0 Å². The van der Waals surface area contributed by atoms with Crippen LogP contribution in [0.3, 0.4) is 0 Å². The van der Waals surface area contributed by atoms with Crippen molar-refractivity contribution in [3.63, 3.8) is 0 Å². The monoisotopic (exact) mass is 176 g/mol. The van der Waals surface area contributed by atoms with Crippen LogP contribution in [-0.2, 0) is 19.1 Å². The van der Waals surface area contributed by atoms with Crippen LogP contribution in [0.1, 0.15) is 0 Å². The fraction of sp³-hybridized carbons (Fsp3) is 0.333. The minimum absolute atomic E-state index is 0.479. The Balaban J connectivity index is 3.26. The van der Waals surface area contributed by atoms with E-state index in [1.807, 2.05) is 0 Å². The second kappa shape index (κ2) is 6.02. The van der Waals surface area contributed by atoms with Crippen LogP contribution >= 0.6 is 0 Å². The molecule has 0 aromatic rings. The average molecular weight is 176 g/mol. The quantitative estimate of drug-likeness (QED) is 0.538. The molecule has 0 bridgehead atoms. The van der Waals surface area contributed by atoms with Gasteiger partial charge in [-0.05, 0) is 0 Å². The molecule has 0 aromatic heterocycles. The van der Waals surface area contributed by atoms with Gasteiger partial charge in [0.1, 0.15) is 12.5 Å². The number of ether oxygens (including phenoxy) is 2. The molecule has 68 valence electrons. The molecule has 12 heavy (non-hydrogen) atoms. The minimum atomic E-state index is -1.11. The molecule has 0 amide bonds. The summed E-state index contributed by atoms with van der Waals surface area (Å²) >= 11 is 0. The smallest absolute Gasteiger partial charge is 0.341 e. The first kappa shape index (κ1) is 10.3. The van der Waals surface area contributed by atoms with E-state index in [0.717, 1.165) is 12.5 Å². The highest BCUT2D eigenvalue weighted by Gasteiger charge is 1.93. The number of carboxylic acids is 2. The lowest BCUT2D eigenvalue weighted by Crippen LogP contribution is -2.04. The highest BCUT2D eigenvalue weighted by atomic mass is 16.5. The Morgan fingerprint density at radius 2 is 1.33 bits per heavy atom. The molecule has 0 saturated carbocycles. The Morgan fingerprint density at radius 3 is 1.58 bits per heavy atom. The summed E-state index contributed by atoms with van der Waals surface area (Å²) in [6.07, 6.45) is 1.94. The maximum absolute atomic E-state index is 9.85. The Morgan fingerprint density at radius 1 is 1.00 bits per heavy atom. The number of carbonyl (C=O) groups is 2. The molecule has 0 rings (SSSR count). The predicted molar refractivity (Wildman–Crippen MR) is 36.3 cm³/mol. The van der Waals surface area contributed by atoms with E-state index >= 15 is 0 Å². The van der Waals surface area contributed by atoms with Gasteiger partial charge in [0.25, 0.3) is 0 Å². The molecular weight excluding hydrogens is 168 g/mol. The zero-order valence-corrected chi connectivity index (χ0v) is 6.10. The van der Waals surface area contributed by atoms with Gasteiger partial charge in [0.15, 0.2) is 13.2 Å². The van der Waals surface area contributed by atoms with Crippen LogP contribution in [0.2, 0.25) is 0 Å². The van der Waals surface area contributed by atoms with Gasteiger partial charge in [0.2, 0.25) is 0 Å². The van der Waals surface area contributed by atoms with Gasteiger partial charge in [-0.3, -0.25) is 0 Å². The van der Waals surface area contributed by atoms with Crippen LogP contribution in [0, 0.1) is 0 Å². The van der Waals surface area contributed by atoms with Gasteiger partial charge >= 0.3 is 11.9 Å². The molecule has 6 heteroatoms. The lowest BCUT2D eigenvalue weighted by Gasteiger charge is -1.95. The molecule has 0 saturated heterocycles. The normalized spacial score (nSPS) is 9.67. The van der Waals surface area contributed by atoms with Crippen LogP contribution < -0.4 is 0 Å². The van der Waals surface area contributed by atoms with Crippen molar-refractivity contribution in [2.24, 2.45) is 0 Å². The lowest BCUT2D eigenvalue weighted by molar-refractivity contribution is -0.142. The molecule has 0 aliphatic rings. The Bertz CT molecular complexity index is 164. The summed E-state index contributed by atoms with van der Waals surface area (Å²) in [5.41, 5.74) is 0. The maximum atomic E-state index is 9.85. The second-order valence-electron chi connectivity index (χ2n) is 1.68. The molecule has 0 heterocycles. The van der Waals surface area contributed by atoms with E-state index in [0.29, 0.717) is 0 Å². The zero-order chi connectivity index (χ0) is 9.40. The fourth-order valence-electron chi connectivity index (χ4n) is 0.317. The summed E-state index contributed by atoms with van der Waals surface area (Å²) < 4.78 is 8.76. The Kier molecular flexibility index (Phi) is 5.16. The number of rotatable bonds is 6. The van der Waals surface area contributed by atoms with Crippen molar-refractivity contribution >= 4 is 11.9 Å². The van der Waals surface area contributed by atoms with Gasteiger partial charge in [0, 0.05) is 0 Å². The molecule has 6 nitrogen and oxygen atoms in total. The second-order valence-corrected chi connectivity index (χ2v) is 1.68. The molecule has 0 fully saturated rings. The SMILES string of the molecule is O=C(O)COC=COCC(=O)O. The van der Waals surface area contributed by atoms with Crippen molar-refractivity contribution in [3.05, 3.63) is 12.5 Å². The van der Waals surface area contributed by atoms with E-state index in [1.165, 1.54) is 0 Å². The minimum Gasteiger partial charge on any atom is -0.486 e. The highest BCUT2D eigenvalue weighted by molar-refractivity contribution is 5.68. The van der Waals surface area contributed by atoms with Gasteiger partial charge in [-0.15, -0.1) is 0 Å².